The Hall–Kier alpha value is -2.67. The molecule has 22 heavy (non-hydrogen) atoms. The van der Waals surface area contributed by atoms with Gasteiger partial charge in [-0.05, 0) is 12.1 Å². The standard InChI is InChI=1S/C14H13ClN4O3/c1-21-10-3-9(4-11(5-10)22-2)6-18-19-14(20)12-7-17-13(15)8-16-12/h3-8H,1-2H3,(H,19,20). The molecule has 8 heteroatoms. The summed E-state index contributed by atoms with van der Waals surface area (Å²) in [6, 6.07) is 5.24. The number of nitrogens with zero attached hydrogens (tertiary/aromatic N) is 3. The monoisotopic (exact) mass is 320 g/mol. The van der Waals surface area contributed by atoms with Gasteiger partial charge in [0.05, 0.1) is 32.8 Å². The smallest absolute Gasteiger partial charge is 0.291 e. The number of hydrazone groups is 1. The molecular weight excluding hydrogens is 308 g/mol. The second-order valence-electron chi connectivity index (χ2n) is 4.07. The molecule has 7 nitrogen and oxygen atoms in total. The predicted octanol–water partition coefficient (Wildman–Crippen LogP) is 1.91. The zero-order valence-corrected chi connectivity index (χ0v) is 12.7. The van der Waals surface area contributed by atoms with Gasteiger partial charge in [-0.15, -0.1) is 0 Å². The van der Waals surface area contributed by atoms with E-state index in [0.29, 0.717) is 17.1 Å². The van der Waals surface area contributed by atoms with Gasteiger partial charge in [0.1, 0.15) is 22.3 Å². The maximum absolute atomic E-state index is 11.8. The van der Waals surface area contributed by atoms with Crippen molar-refractivity contribution in [1.82, 2.24) is 15.4 Å². The molecular formula is C14H13ClN4O3. The van der Waals surface area contributed by atoms with Crippen LogP contribution in [0.1, 0.15) is 16.1 Å². The van der Waals surface area contributed by atoms with E-state index in [9.17, 15) is 4.79 Å². The summed E-state index contributed by atoms with van der Waals surface area (Å²) < 4.78 is 10.3. The minimum absolute atomic E-state index is 0.116. The maximum Gasteiger partial charge on any atom is 0.291 e. The third-order valence-corrected chi connectivity index (χ3v) is 2.80. The zero-order valence-electron chi connectivity index (χ0n) is 11.9. The number of methoxy groups -OCH3 is 2. The van der Waals surface area contributed by atoms with Crippen LogP contribution in [0.2, 0.25) is 5.15 Å². The molecule has 0 fully saturated rings. The fourth-order valence-corrected chi connectivity index (χ4v) is 1.65. The molecule has 0 aliphatic carbocycles. The number of nitrogens with one attached hydrogen (secondary N) is 1. The van der Waals surface area contributed by atoms with E-state index in [1.54, 1.807) is 32.4 Å². The predicted molar refractivity (Wildman–Crippen MR) is 81.6 cm³/mol. The van der Waals surface area contributed by atoms with E-state index in [2.05, 4.69) is 20.5 Å². The highest BCUT2D eigenvalue weighted by atomic mass is 35.5. The molecule has 1 amide bonds. The van der Waals surface area contributed by atoms with Crippen molar-refractivity contribution < 1.29 is 14.3 Å². The van der Waals surface area contributed by atoms with Crippen molar-refractivity contribution in [2.24, 2.45) is 5.10 Å². The number of amides is 1. The van der Waals surface area contributed by atoms with Crippen molar-refractivity contribution in [3.05, 3.63) is 47.0 Å². The SMILES string of the molecule is COc1cc(C=NNC(=O)c2cnc(Cl)cn2)cc(OC)c1. The van der Waals surface area contributed by atoms with Crippen molar-refractivity contribution in [2.45, 2.75) is 0 Å². The third kappa shape index (κ3) is 4.16. The van der Waals surface area contributed by atoms with Gasteiger partial charge in [0.25, 0.3) is 5.91 Å². The van der Waals surface area contributed by atoms with Crippen molar-refractivity contribution >= 4 is 23.7 Å². The first-order valence-electron chi connectivity index (χ1n) is 6.16. The van der Waals surface area contributed by atoms with E-state index < -0.39 is 5.91 Å². The van der Waals surface area contributed by atoms with Gasteiger partial charge in [0.2, 0.25) is 0 Å². The van der Waals surface area contributed by atoms with Gasteiger partial charge in [-0.3, -0.25) is 4.79 Å². The van der Waals surface area contributed by atoms with Crippen molar-refractivity contribution in [2.75, 3.05) is 14.2 Å². The van der Waals surface area contributed by atoms with Gasteiger partial charge in [0, 0.05) is 11.6 Å². The molecule has 0 aliphatic heterocycles. The van der Waals surface area contributed by atoms with Crippen molar-refractivity contribution in [1.29, 1.82) is 0 Å². The summed E-state index contributed by atoms with van der Waals surface area (Å²) in [5, 5.41) is 4.07. The van der Waals surface area contributed by atoms with Gasteiger partial charge in [-0.1, -0.05) is 11.6 Å². The lowest BCUT2D eigenvalue weighted by Gasteiger charge is -2.05. The quantitative estimate of drug-likeness (QED) is 0.672. The molecule has 1 aromatic carbocycles. The first-order chi connectivity index (χ1) is 10.6. The minimum Gasteiger partial charge on any atom is -0.497 e. The van der Waals surface area contributed by atoms with Crippen molar-refractivity contribution in [3.63, 3.8) is 0 Å². The highest BCUT2D eigenvalue weighted by Crippen LogP contribution is 2.21. The molecule has 1 heterocycles. The van der Waals surface area contributed by atoms with Crippen LogP contribution in [0.4, 0.5) is 0 Å². The number of ether oxygens (including phenoxy) is 2. The van der Waals surface area contributed by atoms with Crippen molar-refractivity contribution in [3.8, 4) is 11.5 Å². The van der Waals surface area contributed by atoms with E-state index in [0.717, 1.165) is 0 Å². The molecule has 0 aliphatic rings. The minimum atomic E-state index is -0.490. The number of rotatable bonds is 5. The summed E-state index contributed by atoms with van der Waals surface area (Å²) in [6.45, 7) is 0. The molecule has 2 rings (SSSR count). The Labute approximate surface area is 131 Å². The lowest BCUT2D eigenvalue weighted by molar-refractivity contribution is 0.0950. The van der Waals surface area contributed by atoms with Gasteiger partial charge in [-0.25, -0.2) is 15.4 Å². The average molecular weight is 321 g/mol. The first-order valence-corrected chi connectivity index (χ1v) is 6.54. The lowest BCUT2D eigenvalue weighted by atomic mass is 10.2. The number of benzene rings is 1. The number of hydrogen-bond donors (Lipinski definition) is 1. The molecule has 0 atom stereocenters. The summed E-state index contributed by atoms with van der Waals surface area (Å²) in [5.41, 5.74) is 3.17. The van der Waals surface area contributed by atoms with Crippen LogP contribution in [0.3, 0.4) is 0 Å². The maximum atomic E-state index is 11.8. The number of hydrogen-bond acceptors (Lipinski definition) is 6. The number of halogens is 1. The summed E-state index contributed by atoms with van der Waals surface area (Å²) in [5.74, 6) is 0.752. The summed E-state index contributed by atoms with van der Waals surface area (Å²) in [6.07, 6.45) is 4.02. The first kappa shape index (κ1) is 15.7. The highest BCUT2D eigenvalue weighted by Gasteiger charge is 2.06. The Balaban J connectivity index is 2.05. The van der Waals surface area contributed by atoms with Crippen LogP contribution < -0.4 is 14.9 Å². The molecule has 0 saturated heterocycles. The van der Waals surface area contributed by atoms with Gasteiger partial charge in [0.15, 0.2) is 0 Å². The van der Waals surface area contributed by atoms with E-state index in [-0.39, 0.29) is 10.8 Å². The average Bonchev–Trinajstić information content (AvgIpc) is 2.55. The number of aromatic nitrogens is 2. The third-order valence-electron chi connectivity index (χ3n) is 2.61. The van der Waals surface area contributed by atoms with E-state index in [4.69, 9.17) is 21.1 Å². The summed E-state index contributed by atoms with van der Waals surface area (Å²) in [4.78, 5) is 19.4. The lowest BCUT2D eigenvalue weighted by Crippen LogP contribution is -2.19. The zero-order chi connectivity index (χ0) is 15.9. The molecule has 0 spiro atoms. The van der Waals surface area contributed by atoms with Crippen LogP contribution in [0.15, 0.2) is 35.7 Å². The topological polar surface area (TPSA) is 85.7 Å². The van der Waals surface area contributed by atoms with Crippen LogP contribution in [0, 0.1) is 0 Å². The second-order valence-corrected chi connectivity index (χ2v) is 4.46. The van der Waals surface area contributed by atoms with Gasteiger partial charge >= 0.3 is 0 Å². The second kappa shape index (κ2) is 7.37. The largest absolute Gasteiger partial charge is 0.497 e. The molecule has 114 valence electrons. The van der Waals surface area contributed by atoms with Crippen LogP contribution in [0.5, 0.6) is 11.5 Å². The molecule has 1 N–H and O–H groups in total. The van der Waals surface area contributed by atoms with Gasteiger partial charge in [-0.2, -0.15) is 5.10 Å². The molecule has 0 bridgehead atoms. The van der Waals surface area contributed by atoms with Crippen LogP contribution in [-0.4, -0.2) is 36.3 Å². The normalized spacial score (nSPS) is 10.5. The Morgan fingerprint density at radius 3 is 2.41 bits per heavy atom. The van der Waals surface area contributed by atoms with Crippen LogP contribution in [0.25, 0.3) is 0 Å². The Kier molecular flexibility index (Phi) is 5.26. The summed E-state index contributed by atoms with van der Waals surface area (Å²) >= 11 is 5.60. The van der Waals surface area contributed by atoms with Gasteiger partial charge < -0.3 is 9.47 Å². The molecule has 0 radical (unpaired) electrons. The molecule has 0 saturated carbocycles. The molecule has 1 aromatic heterocycles. The Morgan fingerprint density at radius 1 is 1.18 bits per heavy atom. The van der Waals surface area contributed by atoms with Crippen LogP contribution in [-0.2, 0) is 0 Å². The number of carbonyl (C=O) groups is 1. The fourth-order valence-electron chi connectivity index (χ4n) is 1.56. The Bertz CT molecular complexity index is 667. The Morgan fingerprint density at radius 2 is 1.86 bits per heavy atom. The van der Waals surface area contributed by atoms with Crippen LogP contribution >= 0.6 is 11.6 Å². The summed E-state index contributed by atoms with van der Waals surface area (Å²) in [7, 11) is 3.10. The highest BCUT2D eigenvalue weighted by molar-refractivity contribution is 6.29. The number of carbonyl (C=O) groups excluding carboxylic acids is 1. The van der Waals surface area contributed by atoms with E-state index >= 15 is 0 Å². The fraction of sp³-hybridized carbons (Fsp3) is 0.143. The molecule has 2 aromatic rings. The molecule has 0 unspecified atom stereocenters. The van der Waals surface area contributed by atoms with E-state index in [1.165, 1.54) is 18.6 Å². The van der Waals surface area contributed by atoms with E-state index in [1.807, 2.05) is 0 Å².